The first-order chi connectivity index (χ1) is 12.7. The van der Waals surface area contributed by atoms with E-state index >= 15 is 0 Å². The highest BCUT2D eigenvalue weighted by atomic mass is 16.5. The summed E-state index contributed by atoms with van der Waals surface area (Å²) in [6, 6.07) is 15.1. The summed E-state index contributed by atoms with van der Waals surface area (Å²) in [7, 11) is 0. The van der Waals surface area contributed by atoms with Crippen molar-refractivity contribution in [1.82, 2.24) is 0 Å². The molecular weight excluding hydrogens is 328 g/mol. The van der Waals surface area contributed by atoms with Crippen molar-refractivity contribution in [1.29, 1.82) is 0 Å². The van der Waals surface area contributed by atoms with E-state index in [9.17, 15) is 4.79 Å². The Bertz CT molecular complexity index is 671. The van der Waals surface area contributed by atoms with Gasteiger partial charge in [-0.3, -0.25) is 4.79 Å². The van der Waals surface area contributed by atoms with Crippen molar-refractivity contribution in [3.8, 4) is 11.5 Å². The van der Waals surface area contributed by atoms with Gasteiger partial charge in [0.2, 0.25) is 5.91 Å². The van der Waals surface area contributed by atoms with Crippen LogP contribution in [0.3, 0.4) is 0 Å². The van der Waals surface area contributed by atoms with Crippen LogP contribution in [0.2, 0.25) is 0 Å². The normalized spacial score (nSPS) is 10.2. The zero-order valence-electron chi connectivity index (χ0n) is 15.6. The predicted molar refractivity (Wildman–Crippen MR) is 106 cm³/mol. The number of benzene rings is 2. The van der Waals surface area contributed by atoms with Gasteiger partial charge in [-0.05, 0) is 49.2 Å². The molecule has 0 radical (unpaired) electrons. The monoisotopic (exact) mass is 356 g/mol. The Morgan fingerprint density at radius 2 is 1.65 bits per heavy atom. The molecule has 0 aliphatic heterocycles. The predicted octanol–water partition coefficient (Wildman–Crippen LogP) is 4.70. The van der Waals surface area contributed by atoms with Crippen LogP contribution in [-0.4, -0.2) is 25.7 Å². The third kappa shape index (κ3) is 7.05. The zero-order valence-corrected chi connectivity index (χ0v) is 15.6. The van der Waals surface area contributed by atoms with Gasteiger partial charge < -0.3 is 20.1 Å². The number of anilines is 2. The minimum Gasteiger partial charge on any atom is -0.494 e. The summed E-state index contributed by atoms with van der Waals surface area (Å²) in [4.78, 5) is 12.1. The molecule has 0 bridgehead atoms. The smallest absolute Gasteiger partial charge is 0.243 e. The van der Waals surface area contributed by atoms with Crippen LogP contribution in [0.15, 0.2) is 48.5 Å². The third-order valence-electron chi connectivity index (χ3n) is 3.66. The molecule has 0 fully saturated rings. The highest BCUT2D eigenvalue weighted by Crippen LogP contribution is 2.18. The van der Waals surface area contributed by atoms with Crippen LogP contribution in [0.1, 0.15) is 33.1 Å². The van der Waals surface area contributed by atoms with E-state index in [1.807, 2.05) is 48.5 Å². The molecule has 2 N–H and O–H groups in total. The summed E-state index contributed by atoms with van der Waals surface area (Å²) in [5, 5.41) is 5.98. The highest BCUT2D eigenvalue weighted by Gasteiger charge is 2.04. The average molecular weight is 356 g/mol. The van der Waals surface area contributed by atoms with Crippen molar-refractivity contribution in [2.24, 2.45) is 0 Å². The van der Waals surface area contributed by atoms with E-state index in [0.717, 1.165) is 48.7 Å². The maximum absolute atomic E-state index is 12.1. The highest BCUT2D eigenvalue weighted by molar-refractivity contribution is 5.93. The molecule has 2 rings (SSSR count). The molecule has 0 aliphatic carbocycles. The summed E-state index contributed by atoms with van der Waals surface area (Å²) >= 11 is 0. The van der Waals surface area contributed by atoms with Gasteiger partial charge in [0, 0.05) is 17.4 Å². The van der Waals surface area contributed by atoms with Crippen molar-refractivity contribution >= 4 is 17.3 Å². The Morgan fingerprint density at radius 1 is 0.885 bits per heavy atom. The Kier molecular flexibility index (Phi) is 8.33. The second kappa shape index (κ2) is 11.0. The molecular formula is C21H28N2O3. The van der Waals surface area contributed by atoms with Gasteiger partial charge >= 0.3 is 0 Å². The second-order valence-corrected chi connectivity index (χ2v) is 6.00. The fourth-order valence-corrected chi connectivity index (χ4v) is 2.27. The fraction of sp³-hybridized carbons (Fsp3) is 0.381. The van der Waals surface area contributed by atoms with Crippen molar-refractivity contribution < 1.29 is 14.3 Å². The van der Waals surface area contributed by atoms with Gasteiger partial charge in [-0.25, -0.2) is 0 Å². The van der Waals surface area contributed by atoms with Crippen LogP contribution in [0.4, 0.5) is 11.4 Å². The van der Waals surface area contributed by atoms with Crippen LogP contribution in [0, 0.1) is 0 Å². The Balaban J connectivity index is 1.77. The first-order valence-electron chi connectivity index (χ1n) is 9.20. The molecule has 0 spiro atoms. The number of rotatable bonds is 11. The lowest BCUT2D eigenvalue weighted by molar-refractivity contribution is -0.114. The number of unbranched alkanes of at least 4 members (excludes halogenated alkanes) is 1. The van der Waals surface area contributed by atoms with Crippen molar-refractivity contribution in [2.45, 2.75) is 33.1 Å². The van der Waals surface area contributed by atoms with Gasteiger partial charge in [-0.15, -0.1) is 0 Å². The van der Waals surface area contributed by atoms with Gasteiger partial charge in [0.25, 0.3) is 0 Å². The number of carbonyl (C=O) groups excluding carboxylic acids is 1. The molecule has 0 saturated heterocycles. The standard InChI is InChI=1S/C21H28N2O3/c1-3-5-14-26-19-11-9-17(10-12-19)22-16-21(24)23-18-7-6-8-20(15-18)25-13-4-2/h6-12,15,22H,3-5,13-14,16H2,1-2H3,(H,23,24). The number of ether oxygens (including phenoxy) is 2. The van der Waals surface area contributed by atoms with Gasteiger partial charge in [0.05, 0.1) is 19.8 Å². The Hall–Kier alpha value is -2.69. The summed E-state index contributed by atoms with van der Waals surface area (Å²) in [5.74, 6) is 1.49. The number of amides is 1. The van der Waals surface area contributed by atoms with Crippen molar-refractivity contribution in [2.75, 3.05) is 30.4 Å². The molecule has 140 valence electrons. The van der Waals surface area contributed by atoms with Crippen molar-refractivity contribution in [3.05, 3.63) is 48.5 Å². The maximum atomic E-state index is 12.1. The topological polar surface area (TPSA) is 59.6 Å². The van der Waals surface area contributed by atoms with Crippen LogP contribution in [0.25, 0.3) is 0 Å². The molecule has 5 nitrogen and oxygen atoms in total. The van der Waals surface area contributed by atoms with Gasteiger partial charge in [0.15, 0.2) is 0 Å². The molecule has 0 heterocycles. The van der Waals surface area contributed by atoms with E-state index in [0.29, 0.717) is 6.61 Å². The Morgan fingerprint density at radius 3 is 2.38 bits per heavy atom. The summed E-state index contributed by atoms with van der Waals surface area (Å²) in [6.07, 6.45) is 3.11. The summed E-state index contributed by atoms with van der Waals surface area (Å²) < 4.78 is 11.2. The molecule has 0 aliphatic rings. The molecule has 2 aromatic carbocycles. The van der Waals surface area contributed by atoms with E-state index in [2.05, 4.69) is 24.5 Å². The first kappa shape index (κ1) is 19.6. The minimum atomic E-state index is -0.110. The van der Waals surface area contributed by atoms with Gasteiger partial charge in [-0.2, -0.15) is 0 Å². The fourth-order valence-electron chi connectivity index (χ4n) is 2.27. The first-order valence-corrected chi connectivity index (χ1v) is 9.20. The van der Waals surface area contributed by atoms with Crippen LogP contribution in [0.5, 0.6) is 11.5 Å². The van der Waals surface area contributed by atoms with E-state index in [-0.39, 0.29) is 12.5 Å². The molecule has 0 aromatic heterocycles. The molecule has 5 heteroatoms. The van der Waals surface area contributed by atoms with E-state index in [1.54, 1.807) is 0 Å². The zero-order chi connectivity index (χ0) is 18.6. The number of nitrogens with one attached hydrogen (secondary N) is 2. The summed E-state index contributed by atoms with van der Waals surface area (Å²) in [5.41, 5.74) is 1.60. The quantitative estimate of drug-likeness (QED) is 0.573. The largest absolute Gasteiger partial charge is 0.494 e. The van der Waals surface area contributed by atoms with Crippen molar-refractivity contribution in [3.63, 3.8) is 0 Å². The molecule has 0 atom stereocenters. The van der Waals surface area contributed by atoms with E-state index < -0.39 is 0 Å². The molecule has 2 aromatic rings. The summed E-state index contributed by atoms with van der Waals surface area (Å²) in [6.45, 7) is 5.77. The van der Waals surface area contributed by atoms with Crippen LogP contribution < -0.4 is 20.1 Å². The minimum absolute atomic E-state index is 0.110. The lowest BCUT2D eigenvalue weighted by Gasteiger charge is -2.10. The lowest BCUT2D eigenvalue weighted by Crippen LogP contribution is -2.21. The molecule has 1 amide bonds. The molecule has 0 unspecified atom stereocenters. The van der Waals surface area contributed by atoms with E-state index in [4.69, 9.17) is 9.47 Å². The lowest BCUT2D eigenvalue weighted by atomic mass is 10.3. The average Bonchev–Trinajstić information content (AvgIpc) is 2.66. The van der Waals surface area contributed by atoms with Crippen LogP contribution in [-0.2, 0) is 4.79 Å². The number of carbonyl (C=O) groups is 1. The molecule has 26 heavy (non-hydrogen) atoms. The second-order valence-electron chi connectivity index (χ2n) is 6.00. The number of hydrogen-bond acceptors (Lipinski definition) is 4. The SMILES string of the molecule is CCCCOc1ccc(NCC(=O)Nc2cccc(OCCC)c2)cc1. The van der Waals surface area contributed by atoms with E-state index in [1.165, 1.54) is 0 Å². The number of hydrogen-bond donors (Lipinski definition) is 2. The maximum Gasteiger partial charge on any atom is 0.243 e. The molecule has 0 saturated carbocycles. The van der Waals surface area contributed by atoms with Gasteiger partial charge in [-0.1, -0.05) is 26.3 Å². The third-order valence-corrected chi connectivity index (χ3v) is 3.66. The van der Waals surface area contributed by atoms with Crippen LogP contribution >= 0.6 is 0 Å². The Labute approximate surface area is 155 Å². The van der Waals surface area contributed by atoms with Gasteiger partial charge in [0.1, 0.15) is 11.5 Å².